The molecule has 0 amide bonds. The molecule has 0 N–H and O–H groups in total. The number of aromatic nitrogens is 6. The van der Waals surface area contributed by atoms with E-state index in [4.69, 9.17) is 5.10 Å². The van der Waals surface area contributed by atoms with Crippen molar-refractivity contribution in [2.45, 2.75) is 37.6 Å². The van der Waals surface area contributed by atoms with Crippen molar-refractivity contribution >= 4 is 11.5 Å². The van der Waals surface area contributed by atoms with Gasteiger partial charge in [-0.2, -0.15) is 9.61 Å². The lowest BCUT2D eigenvalue weighted by atomic mass is 9.85. The fourth-order valence-electron chi connectivity index (χ4n) is 3.93. The average Bonchev–Trinajstić information content (AvgIpc) is 3.17. The molecule has 1 aliphatic carbocycles. The number of hydrogen-bond acceptors (Lipinski definition) is 6. The summed E-state index contributed by atoms with van der Waals surface area (Å²) in [7, 11) is 4.22. The molecule has 0 radical (unpaired) electrons. The number of rotatable bonds is 6. The SMILES string of the molecule is CN(CCc1ccnn1C)C1CN(c2ccc3nnc(C4CCC4)n3n2)C1. The predicted octanol–water partition coefficient (Wildman–Crippen LogP) is 1.49. The Morgan fingerprint density at radius 1 is 1.15 bits per heavy atom. The third-order valence-corrected chi connectivity index (χ3v) is 6.20. The molecule has 3 aromatic heterocycles. The van der Waals surface area contributed by atoms with Crippen LogP contribution in [0.4, 0.5) is 5.82 Å². The second kappa shape index (κ2) is 6.60. The minimum absolute atomic E-state index is 0.532. The van der Waals surface area contributed by atoms with Crippen LogP contribution in [0.15, 0.2) is 24.4 Å². The molecule has 0 aromatic carbocycles. The summed E-state index contributed by atoms with van der Waals surface area (Å²) in [6, 6.07) is 6.78. The standard InChI is InChI=1S/C19H26N8/c1-24(11-9-15-8-10-20-25(15)2)16-12-26(13-16)18-7-6-17-21-22-19(27(17)23-18)14-4-3-5-14/h6-8,10,14,16H,3-5,9,11-13H2,1-2H3. The first kappa shape index (κ1) is 16.7. The van der Waals surface area contributed by atoms with Gasteiger partial charge in [0.1, 0.15) is 5.82 Å². The van der Waals surface area contributed by atoms with E-state index in [-0.39, 0.29) is 0 Å². The average molecular weight is 366 g/mol. The van der Waals surface area contributed by atoms with Crippen LogP contribution < -0.4 is 4.90 Å². The molecular formula is C19H26N8. The van der Waals surface area contributed by atoms with Gasteiger partial charge in [-0.1, -0.05) is 6.42 Å². The molecule has 2 aliphatic rings. The number of aryl methyl sites for hydroxylation is 1. The molecule has 0 atom stereocenters. The quantitative estimate of drug-likeness (QED) is 0.658. The molecule has 1 saturated heterocycles. The van der Waals surface area contributed by atoms with Gasteiger partial charge in [-0.3, -0.25) is 9.58 Å². The zero-order chi connectivity index (χ0) is 18.4. The first-order valence-corrected chi connectivity index (χ1v) is 9.83. The van der Waals surface area contributed by atoms with Crippen molar-refractivity contribution in [1.29, 1.82) is 0 Å². The van der Waals surface area contributed by atoms with Crippen molar-refractivity contribution in [2.75, 3.05) is 31.6 Å². The van der Waals surface area contributed by atoms with Crippen LogP contribution in [0.25, 0.3) is 5.65 Å². The maximum Gasteiger partial charge on any atom is 0.178 e. The largest absolute Gasteiger partial charge is 0.352 e. The summed E-state index contributed by atoms with van der Waals surface area (Å²) in [5.41, 5.74) is 2.13. The van der Waals surface area contributed by atoms with Crippen LogP contribution in [-0.2, 0) is 13.5 Å². The number of fused-ring (bicyclic) bond motifs is 1. The Kier molecular flexibility index (Phi) is 4.07. The van der Waals surface area contributed by atoms with Crippen molar-refractivity contribution in [3.8, 4) is 0 Å². The Bertz CT molecular complexity index is 934. The highest BCUT2D eigenvalue weighted by Gasteiger charge is 2.32. The monoisotopic (exact) mass is 366 g/mol. The zero-order valence-corrected chi connectivity index (χ0v) is 16.0. The van der Waals surface area contributed by atoms with Crippen LogP contribution >= 0.6 is 0 Å². The van der Waals surface area contributed by atoms with Gasteiger partial charge < -0.3 is 4.90 Å². The summed E-state index contributed by atoms with van der Waals surface area (Å²) in [4.78, 5) is 4.79. The van der Waals surface area contributed by atoms with Crippen molar-refractivity contribution < 1.29 is 0 Å². The summed E-state index contributed by atoms with van der Waals surface area (Å²) in [6.07, 6.45) is 6.60. The van der Waals surface area contributed by atoms with Crippen LogP contribution in [-0.4, -0.2) is 67.2 Å². The fraction of sp³-hybridized carbons (Fsp3) is 0.579. The fourth-order valence-corrected chi connectivity index (χ4v) is 3.93. The van der Waals surface area contributed by atoms with E-state index >= 15 is 0 Å². The molecule has 3 aromatic rings. The maximum atomic E-state index is 4.84. The van der Waals surface area contributed by atoms with Gasteiger partial charge >= 0.3 is 0 Å². The highest BCUT2D eigenvalue weighted by atomic mass is 15.4. The Morgan fingerprint density at radius 2 is 2.00 bits per heavy atom. The molecule has 0 unspecified atom stereocenters. The first-order valence-electron chi connectivity index (χ1n) is 9.83. The van der Waals surface area contributed by atoms with E-state index in [2.05, 4.69) is 44.3 Å². The summed E-state index contributed by atoms with van der Waals surface area (Å²) in [5.74, 6) is 2.59. The van der Waals surface area contributed by atoms with Gasteiger partial charge in [-0.25, -0.2) is 0 Å². The van der Waals surface area contributed by atoms with Crippen molar-refractivity contribution in [1.82, 2.24) is 34.5 Å². The maximum absolute atomic E-state index is 4.84. The molecule has 0 spiro atoms. The van der Waals surface area contributed by atoms with Crippen LogP contribution in [0.1, 0.15) is 36.7 Å². The lowest BCUT2D eigenvalue weighted by molar-refractivity contribution is 0.205. The van der Waals surface area contributed by atoms with Crippen LogP contribution in [0.2, 0.25) is 0 Å². The molecular weight excluding hydrogens is 340 g/mol. The Balaban J connectivity index is 1.22. The summed E-state index contributed by atoms with van der Waals surface area (Å²) >= 11 is 0. The Labute approximate surface area is 158 Å². The normalized spacial score (nSPS) is 18.3. The minimum atomic E-state index is 0.532. The van der Waals surface area contributed by atoms with E-state index in [9.17, 15) is 0 Å². The van der Waals surface area contributed by atoms with Crippen LogP contribution in [0.5, 0.6) is 0 Å². The Hall–Kier alpha value is -2.48. The molecule has 1 aliphatic heterocycles. The smallest absolute Gasteiger partial charge is 0.178 e. The lowest BCUT2D eigenvalue weighted by Gasteiger charge is -2.44. The number of anilines is 1. The van der Waals surface area contributed by atoms with Crippen LogP contribution in [0.3, 0.4) is 0 Å². The topological polar surface area (TPSA) is 67.4 Å². The third-order valence-electron chi connectivity index (χ3n) is 6.20. The summed E-state index contributed by atoms with van der Waals surface area (Å²) in [5, 5.41) is 17.7. The van der Waals surface area contributed by atoms with Crippen LogP contribution in [0, 0.1) is 0 Å². The van der Waals surface area contributed by atoms with E-state index in [1.165, 1.54) is 25.0 Å². The number of nitrogens with zero attached hydrogens (tertiary/aromatic N) is 8. The van der Waals surface area contributed by atoms with Crippen molar-refractivity contribution in [2.24, 2.45) is 7.05 Å². The third kappa shape index (κ3) is 2.97. The van der Waals surface area contributed by atoms with Gasteiger partial charge in [0.2, 0.25) is 0 Å². The molecule has 5 rings (SSSR count). The second-order valence-corrected chi connectivity index (χ2v) is 7.88. The number of likely N-dealkylation sites (N-methyl/N-ethyl adjacent to an activating group) is 1. The van der Waals surface area contributed by atoms with Gasteiger partial charge in [0.15, 0.2) is 11.5 Å². The molecule has 2 fully saturated rings. The van der Waals surface area contributed by atoms with Gasteiger partial charge in [0.25, 0.3) is 0 Å². The molecule has 0 bridgehead atoms. The van der Waals surface area contributed by atoms with Gasteiger partial charge in [0, 0.05) is 57.0 Å². The van der Waals surface area contributed by atoms with E-state index in [0.29, 0.717) is 12.0 Å². The molecule has 8 heteroatoms. The highest BCUT2D eigenvalue weighted by molar-refractivity contribution is 5.48. The molecule has 8 nitrogen and oxygen atoms in total. The number of hydrogen-bond donors (Lipinski definition) is 0. The van der Waals surface area contributed by atoms with E-state index in [0.717, 1.165) is 43.3 Å². The van der Waals surface area contributed by atoms with Gasteiger partial charge in [-0.05, 0) is 38.1 Å². The van der Waals surface area contributed by atoms with E-state index in [1.807, 2.05) is 28.5 Å². The lowest BCUT2D eigenvalue weighted by Crippen LogP contribution is -2.59. The molecule has 142 valence electrons. The highest BCUT2D eigenvalue weighted by Crippen LogP contribution is 2.35. The van der Waals surface area contributed by atoms with E-state index < -0.39 is 0 Å². The van der Waals surface area contributed by atoms with Crippen molar-refractivity contribution in [3.63, 3.8) is 0 Å². The van der Waals surface area contributed by atoms with Crippen molar-refractivity contribution in [3.05, 3.63) is 35.9 Å². The van der Waals surface area contributed by atoms with Gasteiger partial charge in [-0.15, -0.1) is 15.3 Å². The zero-order valence-electron chi connectivity index (χ0n) is 16.0. The predicted molar refractivity (Wildman–Crippen MR) is 103 cm³/mol. The Morgan fingerprint density at radius 3 is 2.70 bits per heavy atom. The molecule has 1 saturated carbocycles. The second-order valence-electron chi connectivity index (χ2n) is 7.88. The summed E-state index contributed by atoms with van der Waals surface area (Å²) in [6.45, 7) is 3.07. The van der Waals surface area contributed by atoms with Gasteiger partial charge in [0.05, 0.1) is 0 Å². The van der Waals surface area contributed by atoms with E-state index in [1.54, 1.807) is 0 Å². The molecule has 4 heterocycles. The molecule has 27 heavy (non-hydrogen) atoms. The minimum Gasteiger partial charge on any atom is -0.352 e. The summed E-state index contributed by atoms with van der Waals surface area (Å²) < 4.78 is 3.91. The first-order chi connectivity index (χ1) is 13.2.